The van der Waals surface area contributed by atoms with Crippen LogP contribution in [0.25, 0.3) is 0 Å². The predicted molar refractivity (Wildman–Crippen MR) is 122 cm³/mol. The van der Waals surface area contributed by atoms with Crippen molar-refractivity contribution in [3.8, 4) is 0 Å². The van der Waals surface area contributed by atoms with Crippen LogP contribution in [0.1, 0.15) is 39.7 Å². The van der Waals surface area contributed by atoms with E-state index in [-0.39, 0.29) is 13.1 Å². The molecule has 0 bridgehead atoms. The van der Waals surface area contributed by atoms with E-state index >= 15 is 0 Å². The number of hydrogen-bond donors (Lipinski definition) is 2. The molecule has 1 aromatic rings. The van der Waals surface area contributed by atoms with Gasteiger partial charge in [0.15, 0.2) is 0 Å². The topological polar surface area (TPSA) is 44.4 Å². The molecule has 0 heterocycles. The van der Waals surface area contributed by atoms with Crippen LogP contribution in [0.5, 0.6) is 0 Å². The van der Waals surface area contributed by atoms with Gasteiger partial charge < -0.3 is 15.5 Å². The number of carbonyl (C=O) groups excluding carboxylic acids is 1. The molecule has 4 nitrogen and oxygen atoms in total. The fourth-order valence-corrected chi connectivity index (χ4v) is 2.94. The van der Waals surface area contributed by atoms with Gasteiger partial charge in [-0.15, -0.1) is 0 Å². The molecule has 0 unspecified atom stereocenters. The number of aryl methyl sites for hydroxylation is 1. The maximum Gasteiger partial charge on any atom is 0.390 e. The van der Waals surface area contributed by atoms with Crippen LogP contribution in [-0.4, -0.2) is 30.2 Å². The minimum atomic E-state index is -4.28. The summed E-state index contributed by atoms with van der Waals surface area (Å²) in [5.41, 5.74) is 3.53. The van der Waals surface area contributed by atoms with Gasteiger partial charge in [-0.3, -0.25) is 0 Å². The molecular weight excluding hydrogens is 403 g/mol. The van der Waals surface area contributed by atoms with E-state index in [4.69, 9.17) is 0 Å². The van der Waals surface area contributed by atoms with E-state index in [9.17, 15) is 18.0 Å². The Hall–Kier alpha value is -2.96. The molecule has 170 valence electrons. The first kappa shape index (κ1) is 26.1. The highest BCUT2D eigenvalue weighted by molar-refractivity contribution is 5.90. The van der Waals surface area contributed by atoms with Crippen LogP contribution in [0.3, 0.4) is 0 Å². The maximum atomic E-state index is 12.9. The van der Waals surface area contributed by atoms with Gasteiger partial charge in [-0.05, 0) is 52.3 Å². The number of alkyl halides is 3. The number of nitrogens with zero attached hydrogens (tertiary/aromatic N) is 1. The van der Waals surface area contributed by atoms with Crippen molar-refractivity contribution < 1.29 is 18.0 Å². The largest absolute Gasteiger partial charge is 0.390 e. The van der Waals surface area contributed by atoms with Gasteiger partial charge in [0, 0.05) is 18.8 Å². The lowest BCUT2D eigenvalue weighted by molar-refractivity contribution is -0.136. The minimum absolute atomic E-state index is 0.226. The molecule has 0 fully saturated rings. The quantitative estimate of drug-likeness (QED) is 0.424. The van der Waals surface area contributed by atoms with Crippen molar-refractivity contribution in [2.24, 2.45) is 0 Å². The third-order valence-corrected chi connectivity index (χ3v) is 4.53. The van der Waals surface area contributed by atoms with E-state index < -0.39 is 18.6 Å². The van der Waals surface area contributed by atoms with Crippen molar-refractivity contribution in [3.05, 3.63) is 77.2 Å². The first-order chi connectivity index (χ1) is 14.6. The Morgan fingerprint density at radius 3 is 2.16 bits per heavy atom. The number of benzene rings is 1. The standard InChI is InChI=1S/C24H32F3N3O/c1-6-10-19(7-2)17-30(16-15-24(25,26)27)22(9-4)21(8-3)29-23(31)28-20-13-11-18(5)12-14-20/h6-14H,15-17H2,1-5H3,(H2,28,29,31). The van der Waals surface area contributed by atoms with Crippen molar-refractivity contribution in [1.82, 2.24) is 10.2 Å². The lowest BCUT2D eigenvalue weighted by atomic mass is 10.1. The second-order valence-electron chi connectivity index (χ2n) is 6.97. The maximum absolute atomic E-state index is 12.9. The fourth-order valence-electron chi connectivity index (χ4n) is 2.94. The Morgan fingerprint density at radius 1 is 1.03 bits per heavy atom. The highest BCUT2D eigenvalue weighted by Gasteiger charge is 2.29. The average molecular weight is 436 g/mol. The Labute approximate surface area is 183 Å². The summed E-state index contributed by atoms with van der Waals surface area (Å²) in [5, 5.41) is 5.51. The smallest absolute Gasteiger partial charge is 0.365 e. The number of hydrogen-bond acceptors (Lipinski definition) is 2. The zero-order valence-corrected chi connectivity index (χ0v) is 18.8. The summed E-state index contributed by atoms with van der Waals surface area (Å²) >= 11 is 0. The second-order valence-corrected chi connectivity index (χ2v) is 6.97. The molecule has 0 spiro atoms. The third kappa shape index (κ3) is 9.59. The van der Waals surface area contributed by atoms with Crippen LogP contribution in [0, 0.1) is 6.92 Å². The van der Waals surface area contributed by atoms with Crippen molar-refractivity contribution in [1.29, 1.82) is 0 Å². The molecule has 0 atom stereocenters. The van der Waals surface area contributed by atoms with E-state index in [0.29, 0.717) is 17.1 Å². The number of urea groups is 1. The van der Waals surface area contributed by atoms with Gasteiger partial charge in [-0.1, -0.05) is 48.1 Å². The average Bonchev–Trinajstić information content (AvgIpc) is 2.71. The number of nitrogens with one attached hydrogen (secondary N) is 2. The molecule has 0 saturated heterocycles. The Morgan fingerprint density at radius 2 is 1.68 bits per heavy atom. The summed E-state index contributed by atoms with van der Waals surface area (Å²) in [6.07, 6.45) is 3.72. The van der Waals surface area contributed by atoms with Gasteiger partial charge in [0.1, 0.15) is 0 Å². The summed E-state index contributed by atoms with van der Waals surface area (Å²) in [5.74, 6) is 0. The van der Waals surface area contributed by atoms with Crippen LogP contribution in [0.2, 0.25) is 0 Å². The van der Waals surface area contributed by atoms with Crippen LogP contribution in [0.4, 0.5) is 23.7 Å². The fraction of sp³-hybridized carbons (Fsp3) is 0.375. The zero-order chi connectivity index (χ0) is 23.4. The van der Waals surface area contributed by atoms with Crippen molar-refractivity contribution >= 4 is 11.7 Å². The Kier molecular flexibility index (Phi) is 10.7. The molecule has 0 radical (unpaired) electrons. The van der Waals surface area contributed by atoms with E-state index in [1.54, 1.807) is 43.0 Å². The van der Waals surface area contributed by atoms with Gasteiger partial charge in [0.25, 0.3) is 0 Å². The Balaban J connectivity index is 3.05. The van der Waals surface area contributed by atoms with E-state index in [0.717, 1.165) is 11.1 Å². The summed E-state index contributed by atoms with van der Waals surface area (Å²) in [6.45, 7) is 9.18. The van der Waals surface area contributed by atoms with Gasteiger partial charge in [-0.25, -0.2) is 4.79 Å². The number of amides is 2. The number of halogens is 3. The first-order valence-corrected chi connectivity index (χ1v) is 10.2. The molecule has 0 saturated carbocycles. The molecule has 1 aromatic carbocycles. The van der Waals surface area contributed by atoms with Crippen LogP contribution < -0.4 is 10.6 Å². The van der Waals surface area contributed by atoms with E-state index in [2.05, 4.69) is 10.6 Å². The molecular formula is C24H32F3N3O. The van der Waals surface area contributed by atoms with E-state index in [1.165, 1.54) is 0 Å². The van der Waals surface area contributed by atoms with Crippen molar-refractivity contribution in [3.63, 3.8) is 0 Å². The predicted octanol–water partition coefficient (Wildman–Crippen LogP) is 6.70. The summed E-state index contributed by atoms with van der Waals surface area (Å²) in [4.78, 5) is 14.1. The molecule has 0 aliphatic carbocycles. The second kappa shape index (κ2) is 12.7. The number of carbonyl (C=O) groups is 1. The molecule has 2 N–H and O–H groups in total. The third-order valence-electron chi connectivity index (χ3n) is 4.53. The summed E-state index contributed by atoms with van der Waals surface area (Å²) in [6, 6.07) is 6.86. The number of rotatable bonds is 9. The molecule has 1 rings (SSSR count). The first-order valence-electron chi connectivity index (χ1n) is 10.2. The van der Waals surface area contributed by atoms with Crippen molar-refractivity contribution in [2.75, 3.05) is 18.4 Å². The normalized spacial score (nSPS) is 13.5. The summed E-state index contributed by atoms with van der Waals surface area (Å²) < 4.78 is 38.8. The molecule has 0 aliphatic heterocycles. The molecule has 31 heavy (non-hydrogen) atoms. The Bertz CT molecular complexity index is 835. The molecule has 0 aliphatic rings. The minimum Gasteiger partial charge on any atom is -0.365 e. The van der Waals surface area contributed by atoms with Gasteiger partial charge in [0.05, 0.1) is 17.8 Å². The molecule has 7 heteroatoms. The van der Waals surface area contributed by atoms with Crippen LogP contribution in [-0.2, 0) is 0 Å². The highest BCUT2D eigenvalue weighted by atomic mass is 19.4. The van der Waals surface area contributed by atoms with Gasteiger partial charge >= 0.3 is 12.2 Å². The van der Waals surface area contributed by atoms with Gasteiger partial charge in [0.2, 0.25) is 0 Å². The number of anilines is 1. The summed E-state index contributed by atoms with van der Waals surface area (Å²) in [7, 11) is 0. The highest BCUT2D eigenvalue weighted by Crippen LogP contribution is 2.24. The molecule has 0 aromatic heterocycles. The SMILES string of the molecule is CC=CC(=CC)CN(CCC(F)(F)F)C(=CC)C(=CC)NC(=O)Nc1ccc(C)cc1. The monoisotopic (exact) mass is 435 g/mol. The van der Waals surface area contributed by atoms with Gasteiger partial charge in [-0.2, -0.15) is 13.2 Å². The van der Waals surface area contributed by atoms with Crippen LogP contribution in [0.15, 0.2) is 71.6 Å². The zero-order valence-electron chi connectivity index (χ0n) is 18.8. The lowest BCUT2D eigenvalue weighted by Crippen LogP contribution is -2.36. The van der Waals surface area contributed by atoms with E-state index in [1.807, 2.05) is 51.1 Å². The van der Waals surface area contributed by atoms with Crippen LogP contribution >= 0.6 is 0 Å². The van der Waals surface area contributed by atoms with Crippen molar-refractivity contribution in [2.45, 2.75) is 47.2 Å². The lowest BCUT2D eigenvalue weighted by Gasteiger charge is -2.30. The molecule has 2 amide bonds. The number of allylic oxidation sites excluding steroid dienone is 4.